The van der Waals surface area contributed by atoms with Crippen LogP contribution in [-0.4, -0.2) is 19.6 Å². The number of furan rings is 1. The molecule has 0 radical (unpaired) electrons. The van der Waals surface area contributed by atoms with Crippen LogP contribution < -0.4 is 15.4 Å². The Kier molecular flexibility index (Phi) is 6.28. The number of carbonyl (C=O) groups excluding carboxylic acids is 1. The maximum Gasteiger partial charge on any atom is 0.234 e. The van der Waals surface area contributed by atoms with Gasteiger partial charge in [0, 0.05) is 0 Å². The van der Waals surface area contributed by atoms with E-state index >= 15 is 0 Å². The van der Waals surface area contributed by atoms with Crippen LogP contribution in [0.3, 0.4) is 0 Å². The molecule has 2 N–H and O–H groups in total. The summed E-state index contributed by atoms with van der Waals surface area (Å²) in [7, 11) is 1.64. The fourth-order valence-corrected chi connectivity index (χ4v) is 2.90. The molecule has 2 atom stereocenters. The van der Waals surface area contributed by atoms with E-state index in [2.05, 4.69) is 10.6 Å². The number of methoxy groups -OCH3 is 1. The molecule has 0 saturated heterocycles. The predicted octanol–water partition coefficient (Wildman–Crippen LogP) is 3.84. The van der Waals surface area contributed by atoms with Gasteiger partial charge in [-0.3, -0.25) is 10.1 Å². The molecule has 3 aromatic rings. The largest absolute Gasteiger partial charge is 0.497 e. The van der Waals surface area contributed by atoms with E-state index in [1.807, 2.05) is 73.7 Å². The van der Waals surface area contributed by atoms with Crippen LogP contribution in [-0.2, 0) is 4.79 Å². The van der Waals surface area contributed by atoms with Crippen molar-refractivity contribution in [3.63, 3.8) is 0 Å². The SMILES string of the molecule is COc1ccc([C@H](NC(=O)CN[C@H](C)c2ccco2)c2ccccc2)cc1. The summed E-state index contributed by atoms with van der Waals surface area (Å²) in [6.07, 6.45) is 1.63. The summed E-state index contributed by atoms with van der Waals surface area (Å²) in [5.41, 5.74) is 2.02. The van der Waals surface area contributed by atoms with Gasteiger partial charge >= 0.3 is 0 Å². The average Bonchev–Trinajstić information content (AvgIpc) is 3.26. The van der Waals surface area contributed by atoms with Gasteiger partial charge in [0.1, 0.15) is 11.5 Å². The Labute approximate surface area is 159 Å². The van der Waals surface area contributed by atoms with Crippen molar-refractivity contribution in [1.82, 2.24) is 10.6 Å². The Hall–Kier alpha value is -3.05. The summed E-state index contributed by atoms with van der Waals surface area (Å²) in [6.45, 7) is 2.16. The van der Waals surface area contributed by atoms with E-state index in [0.29, 0.717) is 0 Å². The molecular formula is C22H24N2O3. The summed E-state index contributed by atoms with van der Waals surface area (Å²) >= 11 is 0. The number of hydrogen-bond acceptors (Lipinski definition) is 4. The lowest BCUT2D eigenvalue weighted by molar-refractivity contribution is -0.120. The molecule has 5 heteroatoms. The lowest BCUT2D eigenvalue weighted by Crippen LogP contribution is -2.37. The van der Waals surface area contributed by atoms with Gasteiger partial charge in [0.2, 0.25) is 5.91 Å². The van der Waals surface area contributed by atoms with Crippen molar-refractivity contribution in [3.8, 4) is 5.75 Å². The summed E-state index contributed by atoms with van der Waals surface area (Å²) in [5, 5.41) is 6.30. The van der Waals surface area contributed by atoms with Crippen LogP contribution in [0.1, 0.15) is 35.9 Å². The van der Waals surface area contributed by atoms with Crippen molar-refractivity contribution >= 4 is 5.91 Å². The molecule has 0 fully saturated rings. The first-order valence-corrected chi connectivity index (χ1v) is 8.92. The van der Waals surface area contributed by atoms with Crippen LogP contribution in [0.4, 0.5) is 0 Å². The summed E-state index contributed by atoms with van der Waals surface area (Å²) in [4.78, 5) is 12.6. The second-order valence-electron chi connectivity index (χ2n) is 6.30. The van der Waals surface area contributed by atoms with Crippen LogP contribution in [0.5, 0.6) is 5.75 Å². The standard InChI is InChI=1S/C22H24N2O3/c1-16(20-9-6-14-27-20)23-15-21(25)24-22(17-7-4-3-5-8-17)18-10-12-19(26-2)13-11-18/h3-14,16,22-23H,15H2,1-2H3,(H,24,25)/t16-,22-/m1/s1. The predicted molar refractivity (Wildman–Crippen MR) is 105 cm³/mol. The molecule has 1 amide bonds. The summed E-state index contributed by atoms with van der Waals surface area (Å²) in [5.74, 6) is 1.50. The molecule has 3 rings (SSSR count). The van der Waals surface area contributed by atoms with Crippen molar-refractivity contribution in [2.75, 3.05) is 13.7 Å². The highest BCUT2D eigenvalue weighted by molar-refractivity contribution is 5.79. The highest BCUT2D eigenvalue weighted by Crippen LogP contribution is 2.24. The van der Waals surface area contributed by atoms with Crippen molar-refractivity contribution in [2.45, 2.75) is 19.0 Å². The van der Waals surface area contributed by atoms with Gasteiger partial charge in [-0.25, -0.2) is 0 Å². The molecule has 0 spiro atoms. The van der Waals surface area contributed by atoms with E-state index in [4.69, 9.17) is 9.15 Å². The molecule has 0 aliphatic rings. The number of hydrogen-bond donors (Lipinski definition) is 2. The summed E-state index contributed by atoms with van der Waals surface area (Å²) in [6, 6.07) is 21.1. The van der Waals surface area contributed by atoms with Gasteiger partial charge in [0.15, 0.2) is 0 Å². The number of nitrogens with one attached hydrogen (secondary N) is 2. The Balaban J connectivity index is 1.70. The molecule has 0 bridgehead atoms. The minimum atomic E-state index is -0.231. The zero-order chi connectivity index (χ0) is 19.1. The smallest absolute Gasteiger partial charge is 0.234 e. The number of benzene rings is 2. The fraction of sp³-hybridized carbons (Fsp3) is 0.227. The van der Waals surface area contributed by atoms with E-state index in [9.17, 15) is 4.79 Å². The highest BCUT2D eigenvalue weighted by Gasteiger charge is 2.18. The van der Waals surface area contributed by atoms with Crippen molar-refractivity contribution in [3.05, 3.63) is 89.9 Å². The Morgan fingerprint density at radius 2 is 1.70 bits per heavy atom. The van der Waals surface area contributed by atoms with Gasteiger partial charge < -0.3 is 14.5 Å². The minimum absolute atomic E-state index is 0.0399. The van der Waals surface area contributed by atoms with Crippen molar-refractivity contribution in [1.29, 1.82) is 0 Å². The van der Waals surface area contributed by atoms with E-state index in [-0.39, 0.29) is 24.5 Å². The third-order valence-corrected chi connectivity index (χ3v) is 4.43. The van der Waals surface area contributed by atoms with Crippen LogP contribution in [0.15, 0.2) is 77.4 Å². The molecule has 0 unspecified atom stereocenters. The Morgan fingerprint density at radius 1 is 1.00 bits per heavy atom. The Morgan fingerprint density at radius 3 is 2.33 bits per heavy atom. The second-order valence-corrected chi connectivity index (χ2v) is 6.30. The maximum absolute atomic E-state index is 12.6. The van der Waals surface area contributed by atoms with Crippen molar-refractivity contribution < 1.29 is 13.9 Å². The number of rotatable bonds is 8. The van der Waals surface area contributed by atoms with Crippen molar-refractivity contribution in [2.24, 2.45) is 0 Å². The van der Waals surface area contributed by atoms with Gasteiger partial charge in [-0.15, -0.1) is 0 Å². The van der Waals surface area contributed by atoms with E-state index in [0.717, 1.165) is 22.6 Å². The van der Waals surface area contributed by atoms with E-state index in [1.165, 1.54) is 0 Å². The number of ether oxygens (including phenoxy) is 1. The van der Waals surface area contributed by atoms with Gasteiger partial charge in [-0.05, 0) is 42.3 Å². The lowest BCUT2D eigenvalue weighted by atomic mass is 9.98. The molecule has 1 heterocycles. The molecule has 5 nitrogen and oxygen atoms in total. The minimum Gasteiger partial charge on any atom is -0.497 e. The van der Waals surface area contributed by atoms with Gasteiger partial charge in [-0.1, -0.05) is 42.5 Å². The third kappa shape index (κ3) is 4.99. The van der Waals surface area contributed by atoms with Crippen LogP contribution >= 0.6 is 0 Å². The monoisotopic (exact) mass is 364 g/mol. The topological polar surface area (TPSA) is 63.5 Å². The fourth-order valence-electron chi connectivity index (χ4n) is 2.90. The van der Waals surface area contributed by atoms with E-state index in [1.54, 1.807) is 13.4 Å². The molecule has 140 valence electrons. The average molecular weight is 364 g/mol. The first kappa shape index (κ1) is 18.7. The van der Waals surface area contributed by atoms with Gasteiger partial charge in [-0.2, -0.15) is 0 Å². The molecule has 0 aliphatic heterocycles. The zero-order valence-electron chi connectivity index (χ0n) is 15.5. The molecule has 27 heavy (non-hydrogen) atoms. The third-order valence-electron chi connectivity index (χ3n) is 4.43. The lowest BCUT2D eigenvalue weighted by Gasteiger charge is -2.21. The quantitative estimate of drug-likeness (QED) is 0.637. The molecule has 0 aliphatic carbocycles. The maximum atomic E-state index is 12.6. The van der Waals surface area contributed by atoms with Gasteiger partial charge in [0.05, 0.1) is 32.0 Å². The number of amides is 1. The molecular weight excluding hydrogens is 340 g/mol. The number of carbonyl (C=O) groups is 1. The first-order valence-electron chi connectivity index (χ1n) is 8.92. The van der Waals surface area contributed by atoms with Crippen LogP contribution in [0.25, 0.3) is 0 Å². The molecule has 1 aromatic heterocycles. The zero-order valence-corrected chi connectivity index (χ0v) is 15.5. The highest BCUT2D eigenvalue weighted by atomic mass is 16.5. The van der Waals surface area contributed by atoms with E-state index < -0.39 is 0 Å². The Bertz CT molecular complexity index is 830. The molecule has 0 saturated carbocycles. The molecule has 2 aromatic carbocycles. The van der Waals surface area contributed by atoms with Gasteiger partial charge in [0.25, 0.3) is 0 Å². The van der Waals surface area contributed by atoms with Crippen LogP contribution in [0, 0.1) is 0 Å². The summed E-state index contributed by atoms with van der Waals surface area (Å²) < 4.78 is 10.6. The van der Waals surface area contributed by atoms with Crippen LogP contribution in [0.2, 0.25) is 0 Å². The normalized spacial score (nSPS) is 13.0. The second kappa shape index (κ2) is 9.05. The first-order chi connectivity index (χ1) is 13.2.